The van der Waals surface area contributed by atoms with Crippen molar-refractivity contribution in [1.82, 2.24) is 4.90 Å². The molecule has 0 aromatic heterocycles. The normalized spacial score (nSPS) is 20.2. The standard InChI is InChI=1S/C33H37F4N3O/c1-21-7-5-11-30(34)28(21)20-40-18-6-10-27(32(41)39-26-15-12-22(2)29(19-26)33(35,36)37)31(40)23-13-16-25(17-14-23)38-24-8-3-4-9-24/h5,7,11-17,19,24,27,31,38H,3-4,6,8-10,18,20H2,1-2H3,(H,39,41)/t27-,31-/m0/s1. The Bertz CT molecular complexity index is 1350. The Labute approximate surface area is 239 Å². The maximum Gasteiger partial charge on any atom is 0.416 e. The number of rotatable bonds is 7. The van der Waals surface area contributed by atoms with Gasteiger partial charge in [0.05, 0.1) is 11.5 Å². The van der Waals surface area contributed by atoms with Crippen LogP contribution in [0.4, 0.5) is 28.9 Å². The predicted molar refractivity (Wildman–Crippen MR) is 154 cm³/mol. The number of hydrogen-bond acceptors (Lipinski definition) is 3. The van der Waals surface area contributed by atoms with Crippen molar-refractivity contribution in [2.24, 2.45) is 5.92 Å². The lowest BCUT2D eigenvalue weighted by molar-refractivity contribution is -0.138. The number of carbonyl (C=O) groups is 1. The number of anilines is 2. The molecule has 8 heteroatoms. The Morgan fingerprint density at radius 3 is 2.29 bits per heavy atom. The van der Waals surface area contributed by atoms with Crippen LogP contribution < -0.4 is 10.6 Å². The fourth-order valence-electron chi connectivity index (χ4n) is 6.35. The van der Waals surface area contributed by atoms with Gasteiger partial charge in [-0.1, -0.05) is 43.2 Å². The largest absolute Gasteiger partial charge is 0.416 e. The molecule has 218 valence electrons. The molecule has 2 aliphatic rings. The first-order valence-electron chi connectivity index (χ1n) is 14.4. The van der Waals surface area contributed by atoms with Crippen molar-refractivity contribution in [3.63, 3.8) is 0 Å². The molecule has 0 unspecified atom stereocenters. The number of aryl methyl sites for hydroxylation is 2. The van der Waals surface area contributed by atoms with Gasteiger partial charge in [0.25, 0.3) is 0 Å². The molecule has 5 rings (SSSR count). The van der Waals surface area contributed by atoms with E-state index >= 15 is 0 Å². The number of carbonyl (C=O) groups excluding carboxylic acids is 1. The molecule has 2 fully saturated rings. The Balaban J connectivity index is 1.44. The number of nitrogens with zero attached hydrogens (tertiary/aromatic N) is 1. The summed E-state index contributed by atoms with van der Waals surface area (Å²) in [6.07, 6.45) is 1.53. The Kier molecular flexibility index (Phi) is 8.68. The zero-order chi connectivity index (χ0) is 29.1. The molecule has 41 heavy (non-hydrogen) atoms. The lowest BCUT2D eigenvalue weighted by Crippen LogP contribution is -2.43. The summed E-state index contributed by atoms with van der Waals surface area (Å²) in [7, 11) is 0. The first-order chi connectivity index (χ1) is 19.6. The second-order valence-corrected chi connectivity index (χ2v) is 11.5. The topological polar surface area (TPSA) is 44.4 Å². The molecular formula is C33H37F4N3O. The van der Waals surface area contributed by atoms with Gasteiger partial charge in [0, 0.05) is 35.6 Å². The Morgan fingerprint density at radius 1 is 0.902 bits per heavy atom. The molecule has 0 radical (unpaired) electrons. The van der Waals surface area contributed by atoms with Crippen molar-refractivity contribution in [2.75, 3.05) is 17.2 Å². The Hall–Kier alpha value is -3.39. The highest BCUT2D eigenvalue weighted by Gasteiger charge is 2.38. The van der Waals surface area contributed by atoms with Crippen LogP contribution in [-0.2, 0) is 17.5 Å². The van der Waals surface area contributed by atoms with Crippen molar-refractivity contribution >= 4 is 17.3 Å². The number of amides is 1. The van der Waals surface area contributed by atoms with E-state index in [0.717, 1.165) is 35.7 Å². The van der Waals surface area contributed by atoms with E-state index in [1.54, 1.807) is 6.07 Å². The lowest BCUT2D eigenvalue weighted by Gasteiger charge is -2.41. The minimum Gasteiger partial charge on any atom is -0.382 e. The monoisotopic (exact) mass is 567 g/mol. The molecule has 1 heterocycles. The van der Waals surface area contributed by atoms with Crippen LogP contribution in [0.1, 0.15) is 72.4 Å². The summed E-state index contributed by atoms with van der Waals surface area (Å²) >= 11 is 0. The summed E-state index contributed by atoms with van der Waals surface area (Å²) in [5.41, 5.74) is 2.83. The van der Waals surface area contributed by atoms with E-state index in [2.05, 4.69) is 15.5 Å². The molecule has 4 nitrogen and oxygen atoms in total. The summed E-state index contributed by atoms with van der Waals surface area (Å²) in [5.74, 6) is -1.15. The first kappa shape index (κ1) is 29.1. The van der Waals surface area contributed by atoms with Crippen molar-refractivity contribution in [3.8, 4) is 0 Å². The third kappa shape index (κ3) is 6.75. The van der Waals surface area contributed by atoms with E-state index < -0.39 is 17.7 Å². The van der Waals surface area contributed by atoms with Crippen LogP contribution >= 0.6 is 0 Å². The van der Waals surface area contributed by atoms with Gasteiger partial charge in [-0.15, -0.1) is 0 Å². The Morgan fingerprint density at radius 2 is 1.61 bits per heavy atom. The molecule has 1 saturated heterocycles. The smallest absolute Gasteiger partial charge is 0.382 e. The highest BCUT2D eigenvalue weighted by atomic mass is 19.4. The van der Waals surface area contributed by atoms with Gasteiger partial charge in [0.15, 0.2) is 0 Å². The van der Waals surface area contributed by atoms with Crippen molar-refractivity contribution < 1.29 is 22.4 Å². The highest BCUT2D eigenvalue weighted by molar-refractivity contribution is 5.93. The quantitative estimate of drug-likeness (QED) is 0.282. The maximum absolute atomic E-state index is 14.9. The van der Waals surface area contributed by atoms with E-state index in [1.807, 2.05) is 37.3 Å². The van der Waals surface area contributed by atoms with Gasteiger partial charge in [-0.05, 0) is 93.1 Å². The maximum atomic E-state index is 14.9. The van der Waals surface area contributed by atoms with Gasteiger partial charge in [-0.2, -0.15) is 13.2 Å². The molecule has 1 aliphatic carbocycles. The molecule has 2 atom stereocenters. The van der Waals surface area contributed by atoms with Crippen LogP contribution in [0.25, 0.3) is 0 Å². The first-order valence-corrected chi connectivity index (χ1v) is 14.4. The summed E-state index contributed by atoms with van der Waals surface area (Å²) in [6, 6.07) is 17.1. The van der Waals surface area contributed by atoms with Gasteiger partial charge in [0.2, 0.25) is 5.91 Å². The number of benzene rings is 3. The van der Waals surface area contributed by atoms with E-state index in [-0.39, 0.29) is 29.0 Å². The molecule has 1 aliphatic heterocycles. The van der Waals surface area contributed by atoms with Crippen molar-refractivity contribution in [2.45, 2.75) is 77.2 Å². The SMILES string of the molecule is Cc1ccc(NC(=O)[C@H]2CCCN(Cc3c(C)cccc3F)[C@H]2c2ccc(NC3CCCC3)cc2)cc1C(F)(F)F. The third-order valence-corrected chi connectivity index (χ3v) is 8.57. The summed E-state index contributed by atoms with van der Waals surface area (Å²) in [4.78, 5) is 15.9. The number of piperidine rings is 1. The second kappa shape index (κ2) is 12.2. The molecule has 0 bridgehead atoms. The number of alkyl halides is 3. The average Bonchev–Trinajstić information content (AvgIpc) is 3.45. The van der Waals surface area contributed by atoms with Crippen LogP contribution in [0.5, 0.6) is 0 Å². The van der Waals surface area contributed by atoms with Crippen LogP contribution in [0.15, 0.2) is 60.7 Å². The van der Waals surface area contributed by atoms with Crippen LogP contribution in [0, 0.1) is 25.6 Å². The molecule has 3 aromatic rings. The fourth-order valence-corrected chi connectivity index (χ4v) is 6.35. The van der Waals surface area contributed by atoms with Crippen LogP contribution in [0.3, 0.4) is 0 Å². The van der Waals surface area contributed by atoms with Crippen LogP contribution in [0.2, 0.25) is 0 Å². The van der Waals surface area contributed by atoms with E-state index in [9.17, 15) is 22.4 Å². The number of likely N-dealkylation sites (tertiary alicyclic amines) is 1. The molecule has 2 N–H and O–H groups in total. The molecule has 1 saturated carbocycles. The lowest BCUT2D eigenvalue weighted by atomic mass is 9.83. The van der Waals surface area contributed by atoms with E-state index in [1.165, 1.54) is 38.0 Å². The van der Waals surface area contributed by atoms with Gasteiger partial charge in [-0.25, -0.2) is 4.39 Å². The fraction of sp³-hybridized carbons (Fsp3) is 0.424. The predicted octanol–water partition coefficient (Wildman–Crippen LogP) is 8.41. The van der Waals surface area contributed by atoms with Gasteiger partial charge < -0.3 is 10.6 Å². The molecular weight excluding hydrogens is 530 g/mol. The molecule has 0 spiro atoms. The summed E-state index contributed by atoms with van der Waals surface area (Å²) in [6.45, 7) is 4.28. The third-order valence-electron chi connectivity index (χ3n) is 8.57. The minimum atomic E-state index is -4.51. The summed E-state index contributed by atoms with van der Waals surface area (Å²) < 4.78 is 55.5. The van der Waals surface area contributed by atoms with Gasteiger partial charge in [0.1, 0.15) is 5.82 Å². The van der Waals surface area contributed by atoms with Crippen molar-refractivity contribution in [3.05, 3.63) is 94.3 Å². The highest BCUT2D eigenvalue weighted by Crippen LogP contribution is 2.40. The zero-order valence-electron chi connectivity index (χ0n) is 23.5. The van der Waals surface area contributed by atoms with Crippen LogP contribution in [-0.4, -0.2) is 23.4 Å². The molecule has 1 amide bonds. The zero-order valence-corrected chi connectivity index (χ0v) is 23.5. The number of halogens is 4. The van der Waals surface area contributed by atoms with E-state index in [0.29, 0.717) is 37.5 Å². The second-order valence-electron chi connectivity index (χ2n) is 11.5. The summed E-state index contributed by atoms with van der Waals surface area (Å²) in [5, 5.41) is 6.36. The van der Waals surface area contributed by atoms with Gasteiger partial charge >= 0.3 is 6.18 Å². The van der Waals surface area contributed by atoms with Crippen molar-refractivity contribution in [1.29, 1.82) is 0 Å². The number of nitrogens with one attached hydrogen (secondary N) is 2. The average molecular weight is 568 g/mol. The minimum absolute atomic E-state index is 0.101. The molecule has 3 aromatic carbocycles. The van der Waals surface area contributed by atoms with Gasteiger partial charge in [-0.3, -0.25) is 9.69 Å². The number of hydrogen-bond donors (Lipinski definition) is 2. The van der Waals surface area contributed by atoms with E-state index in [4.69, 9.17) is 0 Å².